The van der Waals surface area contributed by atoms with Gasteiger partial charge >= 0.3 is 0 Å². The monoisotopic (exact) mass is 224 g/mol. The van der Waals surface area contributed by atoms with Crippen LogP contribution in [-0.4, -0.2) is 13.2 Å². The van der Waals surface area contributed by atoms with Crippen molar-refractivity contribution in [3.8, 4) is 11.8 Å². The number of nitrogens with zero attached hydrogens (tertiary/aromatic N) is 1. The lowest BCUT2D eigenvalue weighted by molar-refractivity contribution is 0.415. The summed E-state index contributed by atoms with van der Waals surface area (Å²) in [6, 6.07) is 5.47. The molecule has 15 heavy (non-hydrogen) atoms. The highest BCUT2D eigenvalue weighted by Crippen LogP contribution is 2.30. The van der Waals surface area contributed by atoms with E-state index in [1.54, 1.807) is 20.1 Å². The van der Waals surface area contributed by atoms with E-state index in [4.69, 9.17) is 21.6 Å². The third-order valence-electron chi connectivity index (χ3n) is 2.06. The summed E-state index contributed by atoms with van der Waals surface area (Å²) in [4.78, 5) is 0. The van der Waals surface area contributed by atoms with Crippen molar-refractivity contribution < 1.29 is 4.74 Å². The number of rotatable bonds is 3. The fraction of sp³-hybridized carbons (Fsp3) is 0.364. The first-order chi connectivity index (χ1) is 7.08. The second kappa shape index (κ2) is 4.90. The maximum absolute atomic E-state index is 8.69. The van der Waals surface area contributed by atoms with Crippen molar-refractivity contribution >= 4 is 17.3 Å². The lowest BCUT2D eigenvalue weighted by Crippen LogP contribution is -2.12. The Bertz CT molecular complexity index is 398. The molecule has 4 heteroatoms. The number of halogens is 1. The van der Waals surface area contributed by atoms with Gasteiger partial charge in [0, 0.05) is 5.69 Å². The van der Waals surface area contributed by atoms with Gasteiger partial charge in [-0.1, -0.05) is 11.6 Å². The number of ether oxygens (including phenoxy) is 1. The Balaban J connectivity index is 3.01. The van der Waals surface area contributed by atoms with Gasteiger partial charge in [-0.15, -0.1) is 0 Å². The molecule has 0 aromatic heterocycles. The van der Waals surface area contributed by atoms with Crippen LogP contribution in [0.1, 0.15) is 12.5 Å². The van der Waals surface area contributed by atoms with E-state index in [1.807, 2.05) is 13.0 Å². The van der Waals surface area contributed by atoms with E-state index in [-0.39, 0.29) is 6.04 Å². The van der Waals surface area contributed by atoms with Crippen LogP contribution in [0, 0.1) is 18.3 Å². The van der Waals surface area contributed by atoms with Gasteiger partial charge in [0.1, 0.15) is 11.8 Å². The highest BCUT2D eigenvalue weighted by Gasteiger charge is 2.07. The van der Waals surface area contributed by atoms with Crippen LogP contribution in [0.25, 0.3) is 0 Å². The second-order valence-electron chi connectivity index (χ2n) is 3.30. The normalized spacial score (nSPS) is 11.7. The lowest BCUT2D eigenvalue weighted by atomic mass is 10.1. The Kier molecular flexibility index (Phi) is 3.81. The van der Waals surface area contributed by atoms with Gasteiger partial charge in [0.05, 0.1) is 18.2 Å². The first-order valence-corrected chi connectivity index (χ1v) is 4.96. The molecule has 0 saturated carbocycles. The molecular weight excluding hydrogens is 212 g/mol. The standard InChI is InChI=1S/C11H13ClN2O/c1-7-4-11(15-3)9(12)5-10(7)14-8(2)6-13/h4-5,8,14H,1-3H3. The van der Waals surface area contributed by atoms with E-state index >= 15 is 0 Å². The van der Waals surface area contributed by atoms with Gasteiger partial charge in [-0.3, -0.25) is 0 Å². The predicted octanol–water partition coefficient (Wildman–Crippen LogP) is 2.98. The molecule has 0 radical (unpaired) electrons. The van der Waals surface area contributed by atoms with Gasteiger partial charge in [-0.05, 0) is 31.5 Å². The summed E-state index contributed by atoms with van der Waals surface area (Å²) in [5.74, 6) is 0.643. The molecule has 0 amide bonds. The van der Waals surface area contributed by atoms with Crippen molar-refractivity contribution in [1.29, 1.82) is 5.26 Å². The van der Waals surface area contributed by atoms with Crippen LogP contribution in [0.4, 0.5) is 5.69 Å². The molecule has 0 bridgehead atoms. The van der Waals surface area contributed by atoms with Crippen molar-refractivity contribution in [2.24, 2.45) is 0 Å². The number of methoxy groups -OCH3 is 1. The molecular formula is C11H13ClN2O. The van der Waals surface area contributed by atoms with Gasteiger partial charge in [0.15, 0.2) is 0 Å². The largest absolute Gasteiger partial charge is 0.495 e. The minimum absolute atomic E-state index is 0.242. The minimum Gasteiger partial charge on any atom is -0.495 e. The zero-order valence-corrected chi connectivity index (χ0v) is 9.72. The number of nitriles is 1. The Hall–Kier alpha value is -1.40. The molecule has 3 nitrogen and oxygen atoms in total. The van der Waals surface area contributed by atoms with Crippen molar-refractivity contribution in [2.45, 2.75) is 19.9 Å². The third-order valence-corrected chi connectivity index (χ3v) is 2.36. The molecule has 1 atom stereocenters. The summed E-state index contributed by atoms with van der Waals surface area (Å²) < 4.78 is 5.09. The van der Waals surface area contributed by atoms with E-state index in [0.717, 1.165) is 11.3 Å². The quantitative estimate of drug-likeness (QED) is 0.859. The lowest BCUT2D eigenvalue weighted by Gasteiger charge is -2.13. The van der Waals surface area contributed by atoms with Gasteiger partial charge in [-0.25, -0.2) is 0 Å². The summed E-state index contributed by atoms with van der Waals surface area (Å²) in [6.07, 6.45) is 0. The minimum atomic E-state index is -0.242. The summed E-state index contributed by atoms with van der Waals surface area (Å²) in [5.41, 5.74) is 1.85. The average molecular weight is 225 g/mol. The fourth-order valence-corrected chi connectivity index (χ4v) is 1.47. The van der Waals surface area contributed by atoms with Crippen molar-refractivity contribution in [3.05, 3.63) is 22.7 Å². The molecule has 0 saturated heterocycles. The van der Waals surface area contributed by atoms with E-state index < -0.39 is 0 Å². The average Bonchev–Trinajstić information content (AvgIpc) is 2.22. The van der Waals surface area contributed by atoms with Gasteiger partial charge in [0.2, 0.25) is 0 Å². The van der Waals surface area contributed by atoms with Crippen LogP contribution in [0.15, 0.2) is 12.1 Å². The van der Waals surface area contributed by atoms with Crippen molar-refractivity contribution in [2.75, 3.05) is 12.4 Å². The number of aryl methyl sites for hydroxylation is 1. The highest BCUT2D eigenvalue weighted by atomic mass is 35.5. The van der Waals surface area contributed by atoms with E-state index in [0.29, 0.717) is 10.8 Å². The van der Waals surface area contributed by atoms with Gasteiger partial charge in [0.25, 0.3) is 0 Å². The van der Waals surface area contributed by atoms with Crippen molar-refractivity contribution in [3.63, 3.8) is 0 Å². The predicted molar refractivity (Wildman–Crippen MR) is 61.4 cm³/mol. The Morgan fingerprint density at radius 2 is 2.20 bits per heavy atom. The summed E-state index contributed by atoms with van der Waals surface area (Å²) in [6.45, 7) is 3.73. The number of hydrogen-bond donors (Lipinski definition) is 1. The molecule has 0 aliphatic heterocycles. The summed E-state index contributed by atoms with van der Waals surface area (Å²) in [5, 5.41) is 12.3. The Morgan fingerprint density at radius 3 is 2.73 bits per heavy atom. The van der Waals surface area contributed by atoms with E-state index in [9.17, 15) is 0 Å². The molecule has 0 aliphatic carbocycles. The number of anilines is 1. The van der Waals surface area contributed by atoms with Crippen molar-refractivity contribution in [1.82, 2.24) is 0 Å². The van der Waals surface area contributed by atoms with Crippen LogP contribution in [0.2, 0.25) is 5.02 Å². The molecule has 0 aliphatic rings. The Labute approximate surface area is 94.6 Å². The molecule has 1 aromatic carbocycles. The highest BCUT2D eigenvalue weighted by molar-refractivity contribution is 6.32. The van der Waals surface area contributed by atoms with Crippen LogP contribution < -0.4 is 10.1 Å². The zero-order chi connectivity index (χ0) is 11.4. The topological polar surface area (TPSA) is 45.0 Å². The fourth-order valence-electron chi connectivity index (χ4n) is 1.23. The molecule has 1 aromatic rings. The second-order valence-corrected chi connectivity index (χ2v) is 3.70. The number of benzene rings is 1. The molecule has 0 fully saturated rings. The van der Waals surface area contributed by atoms with Crippen LogP contribution >= 0.6 is 11.6 Å². The third kappa shape index (κ3) is 2.77. The summed E-state index contributed by atoms with van der Waals surface area (Å²) in [7, 11) is 1.58. The SMILES string of the molecule is COc1cc(C)c(NC(C)C#N)cc1Cl. The molecule has 1 unspecified atom stereocenters. The molecule has 0 spiro atoms. The van der Waals surface area contributed by atoms with Crippen LogP contribution in [-0.2, 0) is 0 Å². The molecule has 80 valence electrons. The first kappa shape index (κ1) is 11.7. The molecule has 1 N–H and O–H groups in total. The number of hydrogen-bond acceptors (Lipinski definition) is 3. The molecule has 0 heterocycles. The maximum Gasteiger partial charge on any atom is 0.137 e. The number of nitrogens with one attached hydrogen (secondary N) is 1. The van der Waals surface area contributed by atoms with Crippen LogP contribution in [0.5, 0.6) is 5.75 Å². The smallest absolute Gasteiger partial charge is 0.137 e. The maximum atomic E-state index is 8.69. The van der Waals surface area contributed by atoms with E-state index in [2.05, 4.69) is 11.4 Å². The van der Waals surface area contributed by atoms with Gasteiger partial charge < -0.3 is 10.1 Å². The van der Waals surface area contributed by atoms with Gasteiger partial charge in [-0.2, -0.15) is 5.26 Å². The van der Waals surface area contributed by atoms with E-state index in [1.165, 1.54) is 0 Å². The first-order valence-electron chi connectivity index (χ1n) is 4.58. The zero-order valence-electron chi connectivity index (χ0n) is 8.97. The molecule has 1 rings (SSSR count). The Morgan fingerprint density at radius 1 is 1.53 bits per heavy atom. The van der Waals surface area contributed by atoms with Crippen LogP contribution in [0.3, 0.4) is 0 Å². The summed E-state index contributed by atoms with van der Waals surface area (Å²) >= 11 is 5.98.